The van der Waals surface area contributed by atoms with Gasteiger partial charge in [0, 0.05) is 36.0 Å². The number of aliphatic imine (C=N–C) groups is 1. The number of nitrogens with one attached hydrogen (secondary N) is 2. The molecule has 206 valence electrons. The number of anilines is 2. The van der Waals surface area contributed by atoms with Crippen LogP contribution in [0.25, 0.3) is 0 Å². The number of primary amides is 1. The summed E-state index contributed by atoms with van der Waals surface area (Å²) in [6.07, 6.45) is 3.37. The Morgan fingerprint density at radius 2 is 1.87 bits per heavy atom. The molecule has 0 spiro atoms. The molecule has 1 amide bonds. The average molecular weight is 540 g/mol. The summed E-state index contributed by atoms with van der Waals surface area (Å²) in [7, 11) is 1.55. The Kier molecular flexibility index (Phi) is 7.92. The number of hydrogen-bond donors (Lipinski definition) is 3. The molecular formula is C27H31F2N7O3. The quantitative estimate of drug-likeness (QED) is 0.337. The van der Waals surface area contributed by atoms with Crippen LogP contribution in [0, 0.1) is 11.6 Å². The van der Waals surface area contributed by atoms with E-state index < -0.39 is 17.5 Å². The van der Waals surface area contributed by atoms with Crippen molar-refractivity contribution in [2.45, 2.75) is 25.7 Å². The number of ether oxygens (including phenoxy) is 2. The van der Waals surface area contributed by atoms with Gasteiger partial charge in [0.15, 0.2) is 17.3 Å². The maximum absolute atomic E-state index is 14.1. The normalized spacial score (nSPS) is 16.3. The minimum Gasteiger partial charge on any atom is -0.493 e. The molecule has 1 saturated heterocycles. The number of likely N-dealkylation sites (tertiary alicyclic amines) is 1. The second-order valence-corrected chi connectivity index (χ2v) is 9.52. The van der Waals surface area contributed by atoms with Crippen molar-refractivity contribution >= 4 is 28.9 Å². The van der Waals surface area contributed by atoms with Crippen LogP contribution in [0.2, 0.25) is 0 Å². The minimum atomic E-state index is -0.714. The summed E-state index contributed by atoms with van der Waals surface area (Å²) < 4.78 is 40.0. The van der Waals surface area contributed by atoms with E-state index in [4.69, 9.17) is 20.2 Å². The lowest BCUT2D eigenvalue weighted by Gasteiger charge is -2.33. The first-order valence-electron chi connectivity index (χ1n) is 12.9. The molecule has 39 heavy (non-hydrogen) atoms. The molecule has 0 atom stereocenters. The van der Waals surface area contributed by atoms with Crippen LogP contribution in [0.4, 0.5) is 26.0 Å². The van der Waals surface area contributed by atoms with Gasteiger partial charge in [-0.1, -0.05) is 0 Å². The van der Waals surface area contributed by atoms with Crippen LogP contribution in [0.15, 0.2) is 41.4 Å². The van der Waals surface area contributed by atoms with Gasteiger partial charge in [-0.05, 0) is 50.6 Å². The van der Waals surface area contributed by atoms with Crippen LogP contribution in [0.3, 0.4) is 0 Å². The minimum absolute atomic E-state index is 0.0267. The number of benzene rings is 2. The smallest absolute Gasteiger partial charge is 0.223 e. The molecule has 0 unspecified atom stereocenters. The van der Waals surface area contributed by atoms with E-state index in [1.807, 2.05) is 6.07 Å². The molecule has 5 rings (SSSR count). The Balaban J connectivity index is 1.47. The van der Waals surface area contributed by atoms with Crippen molar-refractivity contribution in [1.29, 1.82) is 0 Å². The first-order chi connectivity index (χ1) is 18.9. The predicted octanol–water partition coefficient (Wildman–Crippen LogP) is 3.56. The maximum atomic E-state index is 14.1. The number of carbonyl (C=O) groups is 1. The number of aromatic nitrogens is 2. The van der Waals surface area contributed by atoms with Crippen molar-refractivity contribution < 1.29 is 23.0 Å². The number of fused-ring (bicyclic) bond motifs is 1. The number of methoxy groups -OCH3 is 1. The van der Waals surface area contributed by atoms with Crippen molar-refractivity contribution in [2.24, 2.45) is 10.7 Å². The van der Waals surface area contributed by atoms with Crippen molar-refractivity contribution in [2.75, 3.05) is 50.2 Å². The Hall–Kier alpha value is -4.19. The lowest BCUT2D eigenvalue weighted by Crippen LogP contribution is -2.40. The summed E-state index contributed by atoms with van der Waals surface area (Å²) in [5.74, 6) is -0.212. The van der Waals surface area contributed by atoms with E-state index in [-0.39, 0.29) is 24.6 Å². The highest BCUT2D eigenvalue weighted by Crippen LogP contribution is 2.38. The predicted molar refractivity (Wildman–Crippen MR) is 144 cm³/mol. The number of halogens is 2. The van der Waals surface area contributed by atoms with Gasteiger partial charge in [-0.3, -0.25) is 9.89 Å². The van der Waals surface area contributed by atoms with Crippen molar-refractivity contribution in [1.82, 2.24) is 15.1 Å². The van der Waals surface area contributed by atoms with E-state index in [0.717, 1.165) is 32.1 Å². The topological polar surface area (TPSA) is 121 Å². The zero-order valence-electron chi connectivity index (χ0n) is 21.7. The molecule has 0 radical (unpaired) electrons. The Labute approximate surface area is 224 Å². The lowest BCUT2D eigenvalue weighted by atomic mass is 10.1. The van der Waals surface area contributed by atoms with Gasteiger partial charge in [-0.2, -0.15) is 5.10 Å². The zero-order valence-corrected chi connectivity index (χ0v) is 21.7. The Morgan fingerprint density at radius 3 is 2.59 bits per heavy atom. The number of carbonyl (C=O) groups excluding carboxylic acids is 1. The second-order valence-electron chi connectivity index (χ2n) is 9.52. The van der Waals surface area contributed by atoms with Crippen LogP contribution in [0.5, 0.6) is 11.5 Å². The first kappa shape index (κ1) is 26.4. The van der Waals surface area contributed by atoms with Gasteiger partial charge >= 0.3 is 0 Å². The number of aromatic amines is 1. The van der Waals surface area contributed by atoms with E-state index in [9.17, 15) is 13.6 Å². The van der Waals surface area contributed by atoms with E-state index >= 15 is 0 Å². The first-order valence-corrected chi connectivity index (χ1v) is 12.9. The monoisotopic (exact) mass is 539 g/mol. The van der Waals surface area contributed by atoms with Gasteiger partial charge in [0.05, 0.1) is 38.2 Å². The lowest BCUT2D eigenvalue weighted by molar-refractivity contribution is -0.117. The molecule has 10 nitrogen and oxygen atoms in total. The molecule has 3 heterocycles. The molecule has 0 bridgehead atoms. The fourth-order valence-corrected chi connectivity index (χ4v) is 4.85. The molecule has 2 aliphatic rings. The highest BCUT2D eigenvalue weighted by Gasteiger charge is 2.27. The number of rotatable bonds is 10. The van der Waals surface area contributed by atoms with E-state index in [2.05, 4.69) is 20.4 Å². The summed E-state index contributed by atoms with van der Waals surface area (Å²) in [4.78, 5) is 20.1. The number of H-pyrrole nitrogens is 1. The van der Waals surface area contributed by atoms with Gasteiger partial charge in [0.1, 0.15) is 17.5 Å². The third-order valence-corrected chi connectivity index (χ3v) is 6.66. The van der Waals surface area contributed by atoms with Gasteiger partial charge in [0.2, 0.25) is 5.91 Å². The molecule has 2 aromatic carbocycles. The SMILES string of the molecule is COc1cc2c(cc1OCCCN1CCCC1)NCN(c1cc(F)cc(F)c1)C2=Nc1cc(CC(N)=O)[nH]n1. The van der Waals surface area contributed by atoms with E-state index in [1.165, 1.54) is 25.0 Å². The standard InChI is InChI=1S/C27H31F2N7O3/c1-38-23-14-21-22(15-24(23)39-8-4-7-35-5-2-3-6-35)31-16-36(20-10-17(28)9-18(29)11-20)27(21)32-26-13-19(33-34-26)12-25(30)37/h9-11,13-15,31H,2-8,12,16H2,1H3,(H2,30,37)(H,33,34). The third kappa shape index (κ3) is 6.28. The number of nitrogens with two attached hydrogens (primary N) is 1. The molecule has 3 aromatic rings. The molecule has 12 heteroatoms. The fraction of sp³-hybridized carbons (Fsp3) is 0.370. The van der Waals surface area contributed by atoms with Gasteiger partial charge in [-0.15, -0.1) is 0 Å². The molecular weight excluding hydrogens is 508 g/mol. The molecule has 0 aliphatic carbocycles. The molecule has 1 fully saturated rings. The van der Waals surface area contributed by atoms with Crippen LogP contribution in [-0.2, 0) is 11.2 Å². The number of amides is 1. The Morgan fingerprint density at radius 1 is 1.10 bits per heavy atom. The summed E-state index contributed by atoms with van der Waals surface area (Å²) in [6.45, 7) is 3.98. The maximum Gasteiger partial charge on any atom is 0.223 e. The van der Waals surface area contributed by atoms with E-state index in [0.29, 0.717) is 40.9 Å². The Bertz CT molecular complexity index is 1350. The summed E-state index contributed by atoms with van der Waals surface area (Å²) in [5, 5.41) is 10.2. The zero-order chi connectivity index (χ0) is 27.4. The molecule has 2 aliphatic heterocycles. The van der Waals surface area contributed by atoms with Gasteiger partial charge in [-0.25, -0.2) is 13.8 Å². The van der Waals surface area contributed by atoms with Crippen molar-refractivity contribution in [3.8, 4) is 11.5 Å². The van der Waals surface area contributed by atoms with Crippen LogP contribution >= 0.6 is 0 Å². The molecule has 0 saturated carbocycles. The van der Waals surface area contributed by atoms with Crippen LogP contribution in [0.1, 0.15) is 30.5 Å². The molecule has 1 aromatic heterocycles. The third-order valence-electron chi connectivity index (χ3n) is 6.66. The number of hydrogen-bond acceptors (Lipinski definition) is 7. The number of nitrogens with zero attached hydrogens (tertiary/aromatic N) is 4. The number of amidine groups is 1. The largest absolute Gasteiger partial charge is 0.493 e. The molecule has 4 N–H and O–H groups in total. The second kappa shape index (κ2) is 11.7. The highest BCUT2D eigenvalue weighted by atomic mass is 19.1. The van der Waals surface area contributed by atoms with Gasteiger partial charge < -0.3 is 30.3 Å². The van der Waals surface area contributed by atoms with Crippen molar-refractivity contribution in [3.63, 3.8) is 0 Å². The summed E-state index contributed by atoms with van der Waals surface area (Å²) in [5.41, 5.74) is 7.38. The van der Waals surface area contributed by atoms with E-state index in [1.54, 1.807) is 24.1 Å². The fourth-order valence-electron chi connectivity index (χ4n) is 4.85. The summed E-state index contributed by atoms with van der Waals surface area (Å²) >= 11 is 0. The summed E-state index contributed by atoms with van der Waals surface area (Å²) in [6, 6.07) is 8.47. The van der Waals surface area contributed by atoms with Crippen LogP contribution in [-0.4, -0.2) is 66.9 Å². The van der Waals surface area contributed by atoms with Gasteiger partial charge in [0.25, 0.3) is 0 Å². The van der Waals surface area contributed by atoms with Crippen LogP contribution < -0.4 is 25.4 Å². The average Bonchev–Trinajstić information content (AvgIpc) is 3.57. The highest BCUT2D eigenvalue weighted by molar-refractivity contribution is 6.16. The van der Waals surface area contributed by atoms with Crippen molar-refractivity contribution in [3.05, 3.63) is 59.3 Å².